The maximum atomic E-state index is 9.12. The summed E-state index contributed by atoms with van der Waals surface area (Å²) in [4.78, 5) is 0. The van der Waals surface area contributed by atoms with Gasteiger partial charge in [-0.05, 0) is 36.4 Å². The van der Waals surface area contributed by atoms with E-state index in [-0.39, 0.29) is 5.75 Å². The van der Waals surface area contributed by atoms with E-state index in [0.29, 0.717) is 13.2 Å². The van der Waals surface area contributed by atoms with Crippen molar-refractivity contribution < 1.29 is 14.6 Å². The second-order valence-corrected chi connectivity index (χ2v) is 3.86. The van der Waals surface area contributed by atoms with Gasteiger partial charge in [0.2, 0.25) is 0 Å². The molecule has 3 heteroatoms. The SMILES string of the molecule is Oc1ccc(OCCCOc2ccccc2)cc1. The molecule has 0 heterocycles. The molecular weight excluding hydrogens is 228 g/mol. The molecule has 0 fully saturated rings. The highest BCUT2D eigenvalue weighted by atomic mass is 16.5. The Kier molecular flexibility index (Phi) is 4.47. The van der Waals surface area contributed by atoms with Crippen molar-refractivity contribution >= 4 is 0 Å². The zero-order valence-electron chi connectivity index (χ0n) is 10.1. The zero-order valence-corrected chi connectivity index (χ0v) is 10.1. The summed E-state index contributed by atoms with van der Waals surface area (Å²) in [6.45, 7) is 1.22. The molecule has 0 aliphatic rings. The average Bonchev–Trinajstić information content (AvgIpc) is 2.42. The average molecular weight is 244 g/mol. The molecule has 3 nitrogen and oxygen atoms in total. The lowest BCUT2D eigenvalue weighted by Gasteiger charge is -2.07. The number of aromatic hydroxyl groups is 1. The maximum Gasteiger partial charge on any atom is 0.119 e. The molecule has 0 saturated heterocycles. The van der Waals surface area contributed by atoms with Crippen molar-refractivity contribution in [3.8, 4) is 17.2 Å². The molecule has 94 valence electrons. The van der Waals surface area contributed by atoms with Gasteiger partial charge in [-0.25, -0.2) is 0 Å². The monoisotopic (exact) mass is 244 g/mol. The number of hydrogen-bond donors (Lipinski definition) is 1. The van der Waals surface area contributed by atoms with E-state index >= 15 is 0 Å². The summed E-state index contributed by atoms with van der Waals surface area (Å²) in [5.41, 5.74) is 0. The standard InChI is InChI=1S/C15H16O3/c16-13-7-9-15(10-8-13)18-12-4-11-17-14-5-2-1-3-6-14/h1-3,5-10,16H,4,11-12H2. The normalized spacial score (nSPS) is 10.0. The van der Waals surface area contributed by atoms with Gasteiger partial charge in [0.05, 0.1) is 13.2 Å². The van der Waals surface area contributed by atoms with Gasteiger partial charge in [0.1, 0.15) is 17.2 Å². The molecule has 0 unspecified atom stereocenters. The molecule has 2 rings (SSSR count). The molecule has 0 radical (unpaired) electrons. The van der Waals surface area contributed by atoms with Crippen LogP contribution < -0.4 is 9.47 Å². The third-order valence-electron chi connectivity index (χ3n) is 2.41. The summed E-state index contributed by atoms with van der Waals surface area (Å²) < 4.78 is 11.1. The molecule has 0 bridgehead atoms. The Labute approximate surface area is 107 Å². The van der Waals surface area contributed by atoms with Crippen molar-refractivity contribution in [2.24, 2.45) is 0 Å². The number of para-hydroxylation sites is 1. The van der Waals surface area contributed by atoms with Crippen molar-refractivity contribution in [1.82, 2.24) is 0 Å². The summed E-state index contributed by atoms with van der Waals surface area (Å²) in [5.74, 6) is 1.88. The van der Waals surface area contributed by atoms with Gasteiger partial charge in [-0.2, -0.15) is 0 Å². The van der Waals surface area contributed by atoms with Crippen LogP contribution in [-0.4, -0.2) is 18.3 Å². The summed E-state index contributed by atoms with van der Waals surface area (Å²) >= 11 is 0. The van der Waals surface area contributed by atoms with Gasteiger partial charge in [-0.15, -0.1) is 0 Å². The third kappa shape index (κ3) is 4.01. The first kappa shape index (κ1) is 12.3. The van der Waals surface area contributed by atoms with Crippen molar-refractivity contribution in [2.45, 2.75) is 6.42 Å². The summed E-state index contributed by atoms with van der Waals surface area (Å²) in [6.07, 6.45) is 0.815. The molecule has 0 amide bonds. The van der Waals surface area contributed by atoms with Crippen LogP contribution in [0.15, 0.2) is 54.6 Å². The Balaban J connectivity index is 1.63. The predicted molar refractivity (Wildman–Crippen MR) is 70.2 cm³/mol. The Morgan fingerprint density at radius 3 is 1.89 bits per heavy atom. The Morgan fingerprint density at radius 2 is 1.28 bits per heavy atom. The van der Waals surface area contributed by atoms with E-state index in [1.807, 2.05) is 30.3 Å². The van der Waals surface area contributed by atoms with Crippen molar-refractivity contribution in [2.75, 3.05) is 13.2 Å². The van der Waals surface area contributed by atoms with Crippen molar-refractivity contribution in [3.05, 3.63) is 54.6 Å². The van der Waals surface area contributed by atoms with Gasteiger partial charge in [0, 0.05) is 6.42 Å². The molecule has 2 aromatic carbocycles. The second-order valence-electron chi connectivity index (χ2n) is 3.86. The van der Waals surface area contributed by atoms with Crippen molar-refractivity contribution in [1.29, 1.82) is 0 Å². The summed E-state index contributed by atoms with van der Waals surface area (Å²) in [6, 6.07) is 16.4. The van der Waals surface area contributed by atoms with Crippen LogP contribution in [0.25, 0.3) is 0 Å². The minimum atomic E-state index is 0.245. The maximum absolute atomic E-state index is 9.12. The fraction of sp³-hybridized carbons (Fsp3) is 0.200. The molecule has 2 aromatic rings. The van der Waals surface area contributed by atoms with Crippen LogP contribution in [0.3, 0.4) is 0 Å². The molecule has 0 aliphatic carbocycles. The van der Waals surface area contributed by atoms with Crippen LogP contribution in [0, 0.1) is 0 Å². The highest BCUT2D eigenvalue weighted by molar-refractivity contribution is 5.30. The number of phenols is 1. The lowest BCUT2D eigenvalue weighted by atomic mass is 10.3. The molecular formula is C15H16O3. The fourth-order valence-corrected chi connectivity index (χ4v) is 1.50. The number of hydrogen-bond acceptors (Lipinski definition) is 3. The minimum Gasteiger partial charge on any atom is -0.508 e. The van der Waals surface area contributed by atoms with Gasteiger partial charge in [0.25, 0.3) is 0 Å². The number of rotatable bonds is 6. The lowest BCUT2D eigenvalue weighted by Crippen LogP contribution is -2.04. The third-order valence-corrected chi connectivity index (χ3v) is 2.41. The van der Waals surface area contributed by atoms with E-state index in [0.717, 1.165) is 17.9 Å². The van der Waals surface area contributed by atoms with Gasteiger partial charge in [0.15, 0.2) is 0 Å². The zero-order chi connectivity index (χ0) is 12.6. The van der Waals surface area contributed by atoms with E-state index in [1.165, 1.54) is 0 Å². The molecule has 0 spiro atoms. The molecule has 18 heavy (non-hydrogen) atoms. The second kappa shape index (κ2) is 6.55. The number of phenolic OH excluding ortho intramolecular Hbond substituents is 1. The largest absolute Gasteiger partial charge is 0.508 e. The highest BCUT2D eigenvalue weighted by Crippen LogP contribution is 2.16. The number of ether oxygens (including phenoxy) is 2. The van der Waals surface area contributed by atoms with Crippen LogP contribution in [-0.2, 0) is 0 Å². The van der Waals surface area contributed by atoms with E-state index in [1.54, 1.807) is 24.3 Å². The topological polar surface area (TPSA) is 38.7 Å². The van der Waals surface area contributed by atoms with Crippen LogP contribution in [0.5, 0.6) is 17.2 Å². The van der Waals surface area contributed by atoms with E-state index < -0.39 is 0 Å². The summed E-state index contributed by atoms with van der Waals surface area (Å²) in [7, 11) is 0. The molecule has 0 saturated carbocycles. The van der Waals surface area contributed by atoms with Gasteiger partial charge in [-0.3, -0.25) is 0 Å². The molecule has 0 aromatic heterocycles. The summed E-state index contributed by atoms with van der Waals surface area (Å²) in [5, 5.41) is 9.12. The van der Waals surface area contributed by atoms with Crippen LogP contribution >= 0.6 is 0 Å². The minimum absolute atomic E-state index is 0.245. The quantitative estimate of drug-likeness (QED) is 0.793. The molecule has 0 aliphatic heterocycles. The van der Waals surface area contributed by atoms with Gasteiger partial charge >= 0.3 is 0 Å². The van der Waals surface area contributed by atoms with Gasteiger partial charge < -0.3 is 14.6 Å². The van der Waals surface area contributed by atoms with Crippen LogP contribution in [0.1, 0.15) is 6.42 Å². The van der Waals surface area contributed by atoms with Crippen LogP contribution in [0.4, 0.5) is 0 Å². The smallest absolute Gasteiger partial charge is 0.119 e. The first-order chi connectivity index (χ1) is 8.84. The fourth-order valence-electron chi connectivity index (χ4n) is 1.50. The highest BCUT2D eigenvalue weighted by Gasteiger charge is 1.95. The first-order valence-electron chi connectivity index (χ1n) is 5.94. The molecule has 1 N–H and O–H groups in total. The Morgan fingerprint density at radius 1 is 0.722 bits per heavy atom. The lowest BCUT2D eigenvalue weighted by molar-refractivity contribution is 0.247. The Bertz CT molecular complexity index is 451. The van der Waals surface area contributed by atoms with Gasteiger partial charge in [-0.1, -0.05) is 18.2 Å². The first-order valence-corrected chi connectivity index (χ1v) is 5.94. The van der Waals surface area contributed by atoms with Crippen molar-refractivity contribution in [3.63, 3.8) is 0 Å². The molecule has 0 atom stereocenters. The predicted octanol–water partition coefficient (Wildman–Crippen LogP) is 3.24. The van der Waals surface area contributed by atoms with E-state index in [2.05, 4.69) is 0 Å². The van der Waals surface area contributed by atoms with E-state index in [4.69, 9.17) is 14.6 Å². The Hall–Kier alpha value is -2.16. The van der Waals surface area contributed by atoms with E-state index in [9.17, 15) is 0 Å². The van der Waals surface area contributed by atoms with Crippen LogP contribution in [0.2, 0.25) is 0 Å². The number of benzene rings is 2.